The molecule has 0 aromatic heterocycles. The highest BCUT2D eigenvalue weighted by Gasteiger charge is 2.37. The number of fused-ring (bicyclic) bond motifs is 1. The molecule has 0 aliphatic carbocycles. The van der Waals surface area contributed by atoms with Gasteiger partial charge in [0.15, 0.2) is 0 Å². The SMILES string of the molecule is CCC(C)CN1C(=O)C(=O)c2c(C)cc(C)cc21. The molecular formula is C15H19NO2. The van der Waals surface area contributed by atoms with Gasteiger partial charge in [-0.15, -0.1) is 0 Å². The molecule has 0 spiro atoms. The number of anilines is 1. The molecule has 3 heteroatoms. The largest absolute Gasteiger partial charge is 0.304 e. The van der Waals surface area contributed by atoms with Gasteiger partial charge in [0, 0.05) is 6.54 Å². The van der Waals surface area contributed by atoms with Crippen LogP contribution in [0.5, 0.6) is 0 Å². The van der Waals surface area contributed by atoms with Crippen molar-refractivity contribution < 1.29 is 9.59 Å². The maximum Gasteiger partial charge on any atom is 0.299 e. The van der Waals surface area contributed by atoms with Crippen LogP contribution in [0.2, 0.25) is 0 Å². The summed E-state index contributed by atoms with van der Waals surface area (Å²) in [7, 11) is 0. The van der Waals surface area contributed by atoms with E-state index >= 15 is 0 Å². The summed E-state index contributed by atoms with van der Waals surface area (Å²) in [4.78, 5) is 25.7. The predicted molar refractivity (Wildman–Crippen MR) is 72.1 cm³/mol. The van der Waals surface area contributed by atoms with Gasteiger partial charge in [-0.3, -0.25) is 9.59 Å². The summed E-state index contributed by atoms with van der Waals surface area (Å²) in [6.07, 6.45) is 0.998. The Morgan fingerprint density at radius 3 is 2.50 bits per heavy atom. The average Bonchev–Trinajstić information content (AvgIpc) is 2.54. The van der Waals surface area contributed by atoms with Gasteiger partial charge in [-0.2, -0.15) is 0 Å². The molecule has 1 atom stereocenters. The van der Waals surface area contributed by atoms with Crippen molar-refractivity contribution in [3.05, 3.63) is 28.8 Å². The third-order valence-corrected chi connectivity index (χ3v) is 3.61. The smallest absolute Gasteiger partial charge is 0.299 e. The van der Waals surface area contributed by atoms with Gasteiger partial charge in [-0.05, 0) is 37.0 Å². The lowest BCUT2D eigenvalue weighted by molar-refractivity contribution is -0.114. The van der Waals surface area contributed by atoms with E-state index in [-0.39, 0.29) is 11.7 Å². The summed E-state index contributed by atoms with van der Waals surface area (Å²) in [6, 6.07) is 3.89. The summed E-state index contributed by atoms with van der Waals surface area (Å²) >= 11 is 0. The van der Waals surface area contributed by atoms with Crippen molar-refractivity contribution in [2.24, 2.45) is 5.92 Å². The number of aryl methyl sites for hydroxylation is 2. The normalized spacial score (nSPS) is 16.1. The number of carbonyl (C=O) groups excluding carboxylic acids is 2. The summed E-state index contributed by atoms with van der Waals surface area (Å²) in [5.41, 5.74) is 3.37. The molecule has 1 aromatic rings. The second-order valence-corrected chi connectivity index (χ2v) is 5.23. The molecule has 0 saturated carbocycles. The standard InChI is InChI=1S/C15H19NO2/c1-5-9(2)8-16-12-7-10(3)6-11(4)13(12)14(17)15(16)18/h6-7,9H,5,8H2,1-4H3. The van der Waals surface area contributed by atoms with E-state index in [1.165, 1.54) is 0 Å². The second-order valence-electron chi connectivity index (χ2n) is 5.23. The molecule has 0 saturated heterocycles. The van der Waals surface area contributed by atoms with Crippen molar-refractivity contribution in [3.63, 3.8) is 0 Å². The molecular weight excluding hydrogens is 226 g/mol. The van der Waals surface area contributed by atoms with E-state index in [0.29, 0.717) is 18.0 Å². The van der Waals surface area contributed by atoms with Gasteiger partial charge in [0.2, 0.25) is 0 Å². The minimum Gasteiger partial charge on any atom is -0.304 e. The Morgan fingerprint density at radius 1 is 1.22 bits per heavy atom. The number of nitrogens with zero attached hydrogens (tertiary/aromatic N) is 1. The summed E-state index contributed by atoms with van der Waals surface area (Å²) in [6.45, 7) is 8.69. The summed E-state index contributed by atoms with van der Waals surface area (Å²) in [5, 5.41) is 0. The van der Waals surface area contributed by atoms with Crippen LogP contribution < -0.4 is 4.90 Å². The highest BCUT2D eigenvalue weighted by atomic mass is 16.2. The Hall–Kier alpha value is -1.64. The Kier molecular flexibility index (Phi) is 3.24. The molecule has 1 amide bonds. The van der Waals surface area contributed by atoms with Crippen LogP contribution in [0.1, 0.15) is 41.8 Å². The molecule has 1 unspecified atom stereocenters. The Labute approximate surface area is 108 Å². The molecule has 0 bridgehead atoms. The number of benzene rings is 1. The van der Waals surface area contributed by atoms with Crippen LogP contribution in [-0.2, 0) is 4.79 Å². The lowest BCUT2D eigenvalue weighted by Crippen LogP contribution is -2.33. The maximum absolute atomic E-state index is 12.1. The minimum atomic E-state index is -0.376. The Morgan fingerprint density at radius 2 is 1.89 bits per heavy atom. The van der Waals surface area contributed by atoms with E-state index in [9.17, 15) is 9.59 Å². The quantitative estimate of drug-likeness (QED) is 0.768. The van der Waals surface area contributed by atoms with Crippen molar-refractivity contribution in [3.8, 4) is 0 Å². The first-order valence-corrected chi connectivity index (χ1v) is 6.43. The van der Waals surface area contributed by atoms with Crippen molar-refractivity contribution >= 4 is 17.4 Å². The molecule has 0 fully saturated rings. The first-order chi connectivity index (χ1) is 8.45. The van der Waals surface area contributed by atoms with Gasteiger partial charge in [-0.1, -0.05) is 26.3 Å². The Bertz CT molecular complexity index is 519. The number of hydrogen-bond donors (Lipinski definition) is 0. The van der Waals surface area contributed by atoms with E-state index in [4.69, 9.17) is 0 Å². The fraction of sp³-hybridized carbons (Fsp3) is 0.467. The zero-order chi connectivity index (χ0) is 13.4. The van der Waals surface area contributed by atoms with Gasteiger partial charge in [0.25, 0.3) is 11.7 Å². The molecule has 3 nitrogen and oxygen atoms in total. The minimum absolute atomic E-state index is 0.356. The fourth-order valence-electron chi connectivity index (χ4n) is 2.41. The lowest BCUT2D eigenvalue weighted by Gasteiger charge is -2.20. The van der Waals surface area contributed by atoms with Crippen LogP contribution in [0.25, 0.3) is 0 Å². The molecule has 96 valence electrons. The number of Topliss-reactive ketones (excluding diaryl/α,β-unsaturated/α-hetero) is 1. The van der Waals surface area contributed by atoms with Gasteiger partial charge in [-0.25, -0.2) is 0 Å². The first-order valence-electron chi connectivity index (χ1n) is 6.43. The van der Waals surface area contributed by atoms with Crippen LogP contribution in [-0.4, -0.2) is 18.2 Å². The lowest BCUT2D eigenvalue weighted by atomic mass is 10.0. The molecule has 1 aliphatic rings. The number of amides is 1. The zero-order valence-corrected chi connectivity index (χ0v) is 11.4. The number of rotatable bonds is 3. The van der Waals surface area contributed by atoms with Crippen molar-refractivity contribution in [1.29, 1.82) is 0 Å². The van der Waals surface area contributed by atoms with E-state index < -0.39 is 0 Å². The van der Waals surface area contributed by atoms with E-state index in [2.05, 4.69) is 13.8 Å². The topological polar surface area (TPSA) is 37.4 Å². The second kappa shape index (κ2) is 4.56. The van der Waals surface area contributed by atoms with Crippen LogP contribution in [0.4, 0.5) is 5.69 Å². The van der Waals surface area contributed by atoms with E-state index in [1.54, 1.807) is 4.90 Å². The monoisotopic (exact) mass is 245 g/mol. The number of ketones is 1. The Balaban J connectivity index is 2.48. The van der Waals surface area contributed by atoms with E-state index in [1.807, 2.05) is 26.0 Å². The van der Waals surface area contributed by atoms with E-state index in [0.717, 1.165) is 23.2 Å². The molecule has 1 aromatic carbocycles. The third kappa shape index (κ3) is 1.94. The number of carbonyl (C=O) groups is 2. The molecule has 1 aliphatic heterocycles. The molecule has 0 radical (unpaired) electrons. The number of hydrogen-bond acceptors (Lipinski definition) is 2. The predicted octanol–water partition coefficient (Wildman–Crippen LogP) is 2.88. The zero-order valence-electron chi connectivity index (χ0n) is 11.4. The van der Waals surface area contributed by atoms with Gasteiger partial charge in [0.1, 0.15) is 0 Å². The van der Waals surface area contributed by atoms with Crippen LogP contribution in [0.3, 0.4) is 0 Å². The van der Waals surface area contributed by atoms with Crippen molar-refractivity contribution in [1.82, 2.24) is 0 Å². The molecule has 18 heavy (non-hydrogen) atoms. The van der Waals surface area contributed by atoms with Crippen molar-refractivity contribution in [2.45, 2.75) is 34.1 Å². The molecule has 1 heterocycles. The van der Waals surface area contributed by atoms with Gasteiger partial charge in [0.05, 0.1) is 11.3 Å². The van der Waals surface area contributed by atoms with Gasteiger partial charge < -0.3 is 4.90 Å². The maximum atomic E-state index is 12.1. The van der Waals surface area contributed by atoms with Crippen LogP contribution in [0.15, 0.2) is 12.1 Å². The summed E-state index contributed by atoms with van der Waals surface area (Å²) < 4.78 is 0. The molecule has 0 N–H and O–H groups in total. The molecule has 2 rings (SSSR count). The average molecular weight is 245 g/mol. The summed E-state index contributed by atoms with van der Waals surface area (Å²) in [5.74, 6) is -0.335. The van der Waals surface area contributed by atoms with Crippen LogP contribution in [0, 0.1) is 19.8 Å². The highest BCUT2D eigenvalue weighted by Crippen LogP contribution is 2.33. The third-order valence-electron chi connectivity index (χ3n) is 3.61. The van der Waals surface area contributed by atoms with Crippen LogP contribution >= 0.6 is 0 Å². The van der Waals surface area contributed by atoms with Gasteiger partial charge >= 0.3 is 0 Å². The highest BCUT2D eigenvalue weighted by molar-refractivity contribution is 6.52. The van der Waals surface area contributed by atoms with Crippen molar-refractivity contribution in [2.75, 3.05) is 11.4 Å². The first kappa shape index (κ1) is 12.8. The fourth-order valence-corrected chi connectivity index (χ4v) is 2.41.